The molecule has 8 nitrogen and oxygen atoms in total. The van der Waals surface area contributed by atoms with Crippen LogP contribution < -0.4 is 19.5 Å². The number of hydrogen-bond donors (Lipinski definition) is 1. The molecule has 0 radical (unpaired) electrons. The van der Waals surface area contributed by atoms with Gasteiger partial charge < -0.3 is 19.5 Å². The highest BCUT2D eigenvalue weighted by Crippen LogP contribution is 2.49. The molecule has 1 saturated carbocycles. The highest BCUT2D eigenvalue weighted by Gasteiger charge is 2.54. The van der Waals surface area contributed by atoms with Crippen LogP contribution in [-0.4, -0.2) is 48.3 Å². The van der Waals surface area contributed by atoms with E-state index in [1.54, 1.807) is 37.6 Å². The number of piperidine rings is 1. The Hall–Kier alpha value is -4.08. The number of ether oxygens (including phenoxy) is 3. The van der Waals surface area contributed by atoms with Crippen molar-refractivity contribution < 1.29 is 28.2 Å². The maximum atomic E-state index is 13.2. The summed E-state index contributed by atoms with van der Waals surface area (Å²) in [6.07, 6.45) is 6.46. The average Bonchev–Trinajstić information content (AvgIpc) is 3.85. The number of hydrogen-bond acceptors (Lipinski definition) is 8. The van der Waals surface area contributed by atoms with Gasteiger partial charge in [-0.05, 0) is 86.1 Å². The summed E-state index contributed by atoms with van der Waals surface area (Å²) in [7, 11) is 1.59. The summed E-state index contributed by atoms with van der Waals surface area (Å²) in [5, 5.41) is 4.30. The molecule has 44 heavy (non-hydrogen) atoms. The lowest BCUT2D eigenvalue weighted by Crippen LogP contribution is -2.30. The molecule has 0 spiro atoms. The first-order valence-electron chi connectivity index (χ1n) is 14.8. The molecule has 4 aromatic rings. The van der Waals surface area contributed by atoms with E-state index in [1.165, 1.54) is 18.3 Å². The molecule has 228 valence electrons. The van der Waals surface area contributed by atoms with Crippen LogP contribution in [0.2, 0.25) is 5.02 Å². The Morgan fingerprint density at radius 1 is 0.955 bits per heavy atom. The standard InChI is InChI=1S/C34H33ClFN3O5/c1-42-29-17-25-27(18-30(29)43-20-22-6-11-37-12-7-22)38-13-8-28(25)44-33-26(35)14-23(19-39-33)16-32(41)34(9-10-34)31(40)15-21-2-4-24(36)5-3-21/h2-5,8,13-14,17-19,22,37H,6-7,9-12,15-16,20H2,1H3. The number of carbonyl (C=O) groups is 2. The second kappa shape index (κ2) is 12.9. The van der Waals surface area contributed by atoms with Crippen LogP contribution in [0, 0.1) is 17.2 Å². The van der Waals surface area contributed by atoms with Crippen molar-refractivity contribution >= 4 is 34.1 Å². The fourth-order valence-corrected chi connectivity index (χ4v) is 5.86. The summed E-state index contributed by atoms with van der Waals surface area (Å²) in [6, 6.07) is 12.8. The second-order valence-electron chi connectivity index (χ2n) is 11.5. The minimum atomic E-state index is -0.999. The van der Waals surface area contributed by atoms with E-state index in [1.807, 2.05) is 12.1 Å². The van der Waals surface area contributed by atoms with E-state index in [4.69, 9.17) is 25.8 Å². The van der Waals surface area contributed by atoms with Crippen LogP contribution in [0.5, 0.6) is 23.1 Å². The van der Waals surface area contributed by atoms with Gasteiger partial charge in [-0.25, -0.2) is 9.37 Å². The second-order valence-corrected chi connectivity index (χ2v) is 11.9. The highest BCUT2D eigenvalue weighted by atomic mass is 35.5. The molecule has 2 aromatic heterocycles. The predicted molar refractivity (Wildman–Crippen MR) is 164 cm³/mol. The van der Waals surface area contributed by atoms with Crippen LogP contribution >= 0.6 is 11.6 Å². The van der Waals surface area contributed by atoms with Gasteiger partial charge in [0.2, 0.25) is 5.88 Å². The smallest absolute Gasteiger partial charge is 0.238 e. The van der Waals surface area contributed by atoms with Crippen molar-refractivity contribution in [1.29, 1.82) is 0 Å². The van der Waals surface area contributed by atoms with E-state index in [-0.39, 0.29) is 41.1 Å². The molecule has 0 unspecified atom stereocenters. The summed E-state index contributed by atoms with van der Waals surface area (Å²) in [6.45, 7) is 2.61. The van der Waals surface area contributed by atoms with Crippen molar-refractivity contribution in [2.75, 3.05) is 26.8 Å². The van der Waals surface area contributed by atoms with Gasteiger partial charge in [0.05, 0.1) is 24.6 Å². The van der Waals surface area contributed by atoms with Crippen molar-refractivity contribution in [3.63, 3.8) is 0 Å². The van der Waals surface area contributed by atoms with Gasteiger partial charge in [-0.1, -0.05) is 23.7 Å². The SMILES string of the molecule is COc1cc2c(Oc3ncc(CC(=O)C4(C(=O)Cc5ccc(F)cc5)CC4)cc3Cl)ccnc2cc1OCC1CCNCC1. The predicted octanol–water partition coefficient (Wildman–Crippen LogP) is 6.31. The van der Waals surface area contributed by atoms with E-state index < -0.39 is 5.41 Å². The van der Waals surface area contributed by atoms with Crippen LogP contribution in [0.25, 0.3) is 10.9 Å². The summed E-state index contributed by atoms with van der Waals surface area (Å²) in [5.74, 6) is 1.66. The number of Topliss-reactive ketones (excluding diaryl/α,β-unsaturated/α-hetero) is 2. The van der Waals surface area contributed by atoms with Gasteiger partial charge in [0.25, 0.3) is 0 Å². The number of rotatable bonds is 12. The third kappa shape index (κ3) is 6.54. The topological polar surface area (TPSA) is 99.6 Å². The molecular weight excluding hydrogens is 585 g/mol. The fraction of sp³-hybridized carbons (Fsp3) is 0.353. The molecule has 10 heteroatoms. The van der Waals surface area contributed by atoms with Crippen LogP contribution in [0.15, 0.2) is 60.9 Å². The Kier molecular flexibility index (Phi) is 8.77. The lowest BCUT2D eigenvalue weighted by Gasteiger charge is -2.23. The van der Waals surface area contributed by atoms with Gasteiger partial charge in [0, 0.05) is 36.7 Å². The van der Waals surface area contributed by atoms with Gasteiger partial charge in [-0.3, -0.25) is 14.6 Å². The van der Waals surface area contributed by atoms with E-state index in [2.05, 4.69) is 15.3 Å². The van der Waals surface area contributed by atoms with Crippen LogP contribution in [0.1, 0.15) is 36.8 Å². The molecule has 2 aliphatic rings. The molecule has 1 aliphatic heterocycles. The molecule has 0 bridgehead atoms. The number of aromatic nitrogens is 2. The summed E-state index contributed by atoms with van der Waals surface area (Å²) >= 11 is 6.56. The van der Waals surface area contributed by atoms with Gasteiger partial charge in [-0.2, -0.15) is 0 Å². The Morgan fingerprint density at radius 3 is 2.36 bits per heavy atom. The van der Waals surface area contributed by atoms with E-state index >= 15 is 0 Å². The minimum Gasteiger partial charge on any atom is -0.493 e. The number of carbonyl (C=O) groups excluding carboxylic acids is 2. The van der Waals surface area contributed by atoms with E-state index in [0.29, 0.717) is 64.6 Å². The lowest BCUT2D eigenvalue weighted by molar-refractivity contribution is -0.133. The first-order chi connectivity index (χ1) is 21.3. The largest absolute Gasteiger partial charge is 0.493 e. The Morgan fingerprint density at radius 2 is 1.68 bits per heavy atom. The highest BCUT2D eigenvalue weighted by molar-refractivity contribution is 6.32. The molecule has 1 saturated heterocycles. The number of nitrogens with one attached hydrogen (secondary N) is 1. The average molecular weight is 618 g/mol. The molecule has 2 aromatic carbocycles. The van der Waals surface area contributed by atoms with E-state index in [9.17, 15) is 14.0 Å². The third-order valence-electron chi connectivity index (χ3n) is 8.45. The molecule has 3 heterocycles. The summed E-state index contributed by atoms with van der Waals surface area (Å²) in [5.41, 5.74) is 0.942. The van der Waals surface area contributed by atoms with Crippen molar-refractivity contribution in [1.82, 2.24) is 15.3 Å². The fourth-order valence-electron chi connectivity index (χ4n) is 5.64. The molecule has 1 aliphatic carbocycles. The monoisotopic (exact) mass is 617 g/mol. The van der Waals surface area contributed by atoms with Gasteiger partial charge in [0.15, 0.2) is 23.1 Å². The maximum Gasteiger partial charge on any atom is 0.238 e. The van der Waals surface area contributed by atoms with Gasteiger partial charge >= 0.3 is 0 Å². The van der Waals surface area contributed by atoms with Crippen molar-refractivity contribution in [2.45, 2.75) is 38.5 Å². The zero-order chi connectivity index (χ0) is 30.7. The number of pyridine rings is 2. The Labute approximate surface area is 259 Å². The molecular formula is C34H33ClFN3O5. The van der Waals surface area contributed by atoms with Crippen LogP contribution in [0.4, 0.5) is 4.39 Å². The quantitative estimate of drug-likeness (QED) is 0.185. The molecule has 0 amide bonds. The van der Waals surface area contributed by atoms with Gasteiger partial charge in [0.1, 0.15) is 16.6 Å². The van der Waals surface area contributed by atoms with E-state index in [0.717, 1.165) is 25.9 Å². The minimum absolute atomic E-state index is 0.0255. The number of fused-ring (bicyclic) bond motifs is 1. The first kappa shape index (κ1) is 30.0. The molecule has 0 atom stereocenters. The normalized spacial score (nSPS) is 16.0. The lowest BCUT2D eigenvalue weighted by atomic mass is 9.88. The third-order valence-corrected chi connectivity index (χ3v) is 8.72. The van der Waals surface area contributed by atoms with Crippen molar-refractivity contribution in [3.8, 4) is 23.1 Å². The number of nitrogens with zero attached hydrogens (tertiary/aromatic N) is 2. The van der Waals surface area contributed by atoms with Gasteiger partial charge in [-0.15, -0.1) is 0 Å². The number of ketones is 2. The maximum absolute atomic E-state index is 13.2. The summed E-state index contributed by atoms with van der Waals surface area (Å²) in [4.78, 5) is 35.1. The number of benzene rings is 2. The number of methoxy groups -OCH3 is 1. The Bertz CT molecular complexity index is 1690. The summed E-state index contributed by atoms with van der Waals surface area (Å²) < 4.78 is 31.1. The zero-order valence-electron chi connectivity index (χ0n) is 24.4. The van der Waals surface area contributed by atoms with Crippen LogP contribution in [0.3, 0.4) is 0 Å². The van der Waals surface area contributed by atoms with Crippen LogP contribution in [-0.2, 0) is 22.4 Å². The first-order valence-corrected chi connectivity index (χ1v) is 15.2. The zero-order valence-corrected chi connectivity index (χ0v) is 25.2. The van der Waals surface area contributed by atoms with Crippen molar-refractivity contribution in [2.24, 2.45) is 11.3 Å². The van der Waals surface area contributed by atoms with Crippen molar-refractivity contribution in [3.05, 3.63) is 82.9 Å². The molecule has 2 fully saturated rings. The molecule has 1 N–H and O–H groups in total. The molecule has 6 rings (SSSR count). The Balaban J connectivity index is 1.14. The number of halogens is 2.